The molecule has 1 saturated heterocycles. The van der Waals surface area contributed by atoms with Gasteiger partial charge in [-0.1, -0.05) is 0 Å². The molecule has 7 nitrogen and oxygen atoms in total. The lowest BCUT2D eigenvalue weighted by Gasteiger charge is -2.32. The first kappa shape index (κ1) is 15.3. The number of carbonyl (C=O) groups is 2. The van der Waals surface area contributed by atoms with Crippen molar-refractivity contribution in [3.05, 3.63) is 42.1 Å². The number of amides is 2. The van der Waals surface area contributed by atoms with Gasteiger partial charge in [0.1, 0.15) is 5.69 Å². The van der Waals surface area contributed by atoms with Crippen LogP contribution < -0.4 is 5.32 Å². The predicted molar refractivity (Wildman–Crippen MR) is 82.9 cm³/mol. The van der Waals surface area contributed by atoms with E-state index in [1.54, 1.807) is 36.1 Å². The van der Waals surface area contributed by atoms with Gasteiger partial charge in [0.05, 0.1) is 6.26 Å². The Balaban J connectivity index is 1.55. The van der Waals surface area contributed by atoms with Crippen LogP contribution in [0.3, 0.4) is 0 Å². The summed E-state index contributed by atoms with van der Waals surface area (Å²) in [6.07, 6.45) is 5.03. The van der Waals surface area contributed by atoms with E-state index >= 15 is 0 Å². The Morgan fingerprint density at radius 3 is 3.00 bits per heavy atom. The fourth-order valence-electron chi connectivity index (χ4n) is 2.89. The first-order valence-electron chi connectivity index (χ1n) is 7.74. The smallest absolute Gasteiger partial charge is 0.286 e. The van der Waals surface area contributed by atoms with Crippen molar-refractivity contribution in [2.45, 2.75) is 12.8 Å². The van der Waals surface area contributed by atoms with E-state index in [-0.39, 0.29) is 17.7 Å². The maximum Gasteiger partial charge on any atom is 0.286 e. The Kier molecular flexibility index (Phi) is 4.45. The molecule has 0 bridgehead atoms. The summed E-state index contributed by atoms with van der Waals surface area (Å²) in [5, 5.41) is 6.91. The highest BCUT2D eigenvalue weighted by Crippen LogP contribution is 2.18. The molecule has 7 heteroatoms. The first-order chi connectivity index (χ1) is 11.1. The fourth-order valence-corrected chi connectivity index (χ4v) is 2.89. The Labute approximate surface area is 134 Å². The van der Waals surface area contributed by atoms with Crippen LogP contribution in [-0.2, 0) is 7.05 Å². The Morgan fingerprint density at radius 2 is 2.30 bits per heavy atom. The third kappa shape index (κ3) is 3.44. The Morgan fingerprint density at radius 1 is 1.43 bits per heavy atom. The van der Waals surface area contributed by atoms with Crippen LogP contribution in [-0.4, -0.2) is 46.1 Å². The van der Waals surface area contributed by atoms with Gasteiger partial charge in [0.25, 0.3) is 11.8 Å². The lowest BCUT2D eigenvalue weighted by Crippen LogP contribution is -2.44. The summed E-state index contributed by atoms with van der Waals surface area (Å²) in [6.45, 7) is 1.92. The second-order valence-corrected chi connectivity index (χ2v) is 5.79. The van der Waals surface area contributed by atoms with E-state index in [0.717, 1.165) is 19.4 Å². The van der Waals surface area contributed by atoms with Gasteiger partial charge in [0.2, 0.25) is 0 Å². The number of nitrogens with one attached hydrogen (secondary N) is 1. The molecule has 0 saturated carbocycles. The fraction of sp³-hybridized carbons (Fsp3) is 0.438. The van der Waals surface area contributed by atoms with Gasteiger partial charge in [-0.05, 0) is 37.0 Å². The molecule has 23 heavy (non-hydrogen) atoms. The third-order valence-corrected chi connectivity index (χ3v) is 4.14. The summed E-state index contributed by atoms with van der Waals surface area (Å²) < 4.78 is 6.66. The maximum absolute atomic E-state index is 12.5. The molecule has 0 spiro atoms. The van der Waals surface area contributed by atoms with E-state index in [1.807, 2.05) is 4.90 Å². The van der Waals surface area contributed by atoms with Crippen molar-refractivity contribution in [1.29, 1.82) is 0 Å². The maximum atomic E-state index is 12.5. The molecule has 1 aliphatic rings. The zero-order valence-corrected chi connectivity index (χ0v) is 13.1. The average molecular weight is 316 g/mol. The zero-order valence-electron chi connectivity index (χ0n) is 13.1. The highest BCUT2D eigenvalue weighted by atomic mass is 16.3. The minimum atomic E-state index is -0.218. The van der Waals surface area contributed by atoms with Crippen LogP contribution in [0.15, 0.2) is 35.1 Å². The Hall–Kier alpha value is -2.57. The average Bonchev–Trinajstić information content (AvgIpc) is 3.23. The molecule has 122 valence electrons. The molecule has 1 fully saturated rings. The predicted octanol–water partition coefficient (Wildman–Crippen LogP) is 1.30. The van der Waals surface area contributed by atoms with Crippen LogP contribution in [0.25, 0.3) is 0 Å². The number of carbonyl (C=O) groups excluding carboxylic acids is 2. The standard InChI is InChI=1S/C16H20N4O3/c1-19-13(6-7-18-19)16(22)20-8-2-4-12(11-20)10-17-15(21)14-5-3-9-23-14/h3,5-7,9,12H,2,4,8,10-11H2,1H3,(H,17,21)/t12-/m1/s1. The number of hydrogen-bond donors (Lipinski definition) is 1. The van der Waals surface area contributed by atoms with Crippen LogP contribution in [0.5, 0.6) is 0 Å². The van der Waals surface area contributed by atoms with Crippen molar-refractivity contribution in [1.82, 2.24) is 20.0 Å². The van der Waals surface area contributed by atoms with Gasteiger partial charge >= 0.3 is 0 Å². The van der Waals surface area contributed by atoms with E-state index in [1.165, 1.54) is 6.26 Å². The molecule has 0 radical (unpaired) electrons. The van der Waals surface area contributed by atoms with Gasteiger partial charge in [-0.15, -0.1) is 0 Å². The Bertz CT molecular complexity index is 677. The van der Waals surface area contributed by atoms with E-state index in [0.29, 0.717) is 24.5 Å². The summed E-state index contributed by atoms with van der Waals surface area (Å²) in [5.41, 5.74) is 0.588. The molecular formula is C16H20N4O3. The second kappa shape index (κ2) is 6.68. The minimum Gasteiger partial charge on any atom is -0.459 e. The third-order valence-electron chi connectivity index (χ3n) is 4.14. The number of aromatic nitrogens is 2. The van der Waals surface area contributed by atoms with E-state index < -0.39 is 0 Å². The molecule has 2 aromatic rings. The molecule has 1 aliphatic heterocycles. The lowest BCUT2D eigenvalue weighted by atomic mass is 9.97. The minimum absolute atomic E-state index is 0.00735. The van der Waals surface area contributed by atoms with Crippen LogP contribution in [0.1, 0.15) is 33.9 Å². The number of furan rings is 1. The number of rotatable bonds is 4. The quantitative estimate of drug-likeness (QED) is 0.922. The van der Waals surface area contributed by atoms with Gasteiger partial charge in [0, 0.05) is 32.9 Å². The van der Waals surface area contributed by atoms with Gasteiger partial charge < -0.3 is 14.6 Å². The zero-order chi connectivity index (χ0) is 16.2. The number of hydrogen-bond acceptors (Lipinski definition) is 4. The number of piperidine rings is 1. The second-order valence-electron chi connectivity index (χ2n) is 5.79. The van der Waals surface area contributed by atoms with Crippen LogP contribution in [0.2, 0.25) is 0 Å². The van der Waals surface area contributed by atoms with Crippen LogP contribution >= 0.6 is 0 Å². The summed E-state index contributed by atoms with van der Waals surface area (Å²) in [5.74, 6) is 0.334. The molecule has 0 aliphatic carbocycles. The van der Waals surface area contributed by atoms with Gasteiger partial charge in [0.15, 0.2) is 5.76 Å². The molecule has 3 rings (SSSR count). The van der Waals surface area contributed by atoms with Crippen molar-refractivity contribution >= 4 is 11.8 Å². The molecule has 2 aromatic heterocycles. The van der Waals surface area contributed by atoms with Crippen LogP contribution in [0.4, 0.5) is 0 Å². The SMILES string of the molecule is Cn1nccc1C(=O)N1CCC[C@H](CNC(=O)c2ccco2)C1. The summed E-state index contributed by atoms with van der Waals surface area (Å²) >= 11 is 0. The number of aryl methyl sites for hydroxylation is 1. The van der Waals surface area contributed by atoms with Gasteiger partial charge in [-0.2, -0.15) is 5.10 Å². The molecule has 0 unspecified atom stereocenters. The topological polar surface area (TPSA) is 80.4 Å². The monoisotopic (exact) mass is 316 g/mol. The van der Waals surface area contributed by atoms with Crippen molar-refractivity contribution < 1.29 is 14.0 Å². The first-order valence-corrected chi connectivity index (χ1v) is 7.74. The highest BCUT2D eigenvalue weighted by Gasteiger charge is 2.26. The van der Waals surface area contributed by atoms with E-state index in [2.05, 4.69) is 10.4 Å². The van der Waals surface area contributed by atoms with Crippen LogP contribution in [0, 0.1) is 5.92 Å². The highest BCUT2D eigenvalue weighted by molar-refractivity contribution is 5.92. The summed E-state index contributed by atoms with van der Waals surface area (Å²) in [7, 11) is 1.76. The number of likely N-dealkylation sites (tertiary alicyclic amines) is 1. The summed E-state index contributed by atoms with van der Waals surface area (Å²) in [4.78, 5) is 26.3. The van der Waals surface area contributed by atoms with E-state index in [4.69, 9.17) is 4.42 Å². The molecule has 1 atom stereocenters. The normalized spacial score (nSPS) is 18.0. The van der Waals surface area contributed by atoms with E-state index in [9.17, 15) is 9.59 Å². The van der Waals surface area contributed by atoms with Crippen molar-refractivity contribution in [2.24, 2.45) is 13.0 Å². The van der Waals surface area contributed by atoms with Gasteiger partial charge in [-0.3, -0.25) is 14.3 Å². The van der Waals surface area contributed by atoms with Crippen molar-refractivity contribution in [2.75, 3.05) is 19.6 Å². The molecule has 3 heterocycles. The summed E-state index contributed by atoms with van der Waals surface area (Å²) in [6, 6.07) is 5.04. The van der Waals surface area contributed by atoms with Crippen molar-refractivity contribution in [3.8, 4) is 0 Å². The molecular weight excluding hydrogens is 296 g/mol. The number of nitrogens with zero attached hydrogens (tertiary/aromatic N) is 3. The van der Waals surface area contributed by atoms with Gasteiger partial charge in [-0.25, -0.2) is 0 Å². The molecule has 2 amide bonds. The molecule has 0 aromatic carbocycles. The van der Waals surface area contributed by atoms with Crippen molar-refractivity contribution in [3.63, 3.8) is 0 Å². The largest absolute Gasteiger partial charge is 0.459 e. The molecule has 1 N–H and O–H groups in total. The lowest BCUT2D eigenvalue weighted by molar-refractivity contribution is 0.0659.